The summed E-state index contributed by atoms with van der Waals surface area (Å²) in [6, 6.07) is 5.29. The van der Waals surface area contributed by atoms with Gasteiger partial charge in [0.05, 0.1) is 12.3 Å². The van der Waals surface area contributed by atoms with E-state index in [2.05, 4.69) is 0 Å². The van der Waals surface area contributed by atoms with Gasteiger partial charge in [-0.3, -0.25) is 0 Å². The maximum atomic E-state index is 13.9. The minimum absolute atomic E-state index is 0.142. The zero-order chi connectivity index (χ0) is 12.8. The average molecular weight is 240 g/mol. The second-order valence-corrected chi connectivity index (χ2v) is 4.08. The normalized spacial score (nSPS) is 12.5. The monoisotopic (exact) mass is 240 g/mol. The fourth-order valence-electron chi connectivity index (χ4n) is 1.96. The molecule has 0 aliphatic rings. The van der Waals surface area contributed by atoms with Crippen LogP contribution in [0.25, 0.3) is 0 Å². The van der Waals surface area contributed by atoms with Crippen molar-refractivity contribution in [1.82, 2.24) is 0 Å². The van der Waals surface area contributed by atoms with Gasteiger partial charge in [0.1, 0.15) is 5.82 Å². The third-order valence-corrected chi connectivity index (χ3v) is 2.84. The lowest BCUT2D eigenvalue weighted by molar-refractivity contribution is 0.181. The van der Waals surface area contributed by atoms with Crippen molar-refractivity contribution in [3.05, 3.63) is 29.6 Å². The van der Waals surface area contributed by atoms with Crippen LogP contribution in [0.3, 0.4) is 0 Å². The zero-order valence-corrected chi connectivity index (χ0v) is 10.7. The molecule has 1 atom stereocenters. The van der Waals surface area contributed by atoms with E-state index in [9.17, 15) is 4.39 Å². The molecule has 96 valence electrons. The van der Waals surface area contributed by atoms with Crippen LogP contribution in [0.2, 0.25) is 0 Å². The number of hydrogen-bond acceptors (Lipinski definition) is 3. The molecule has 0 saturated carbocycles. The quantitative estimate of drug-likeness (QED) is 0.828. The molecule has 0 aliphatic heterocycles. The van der Waals surface area contributed by atoms with Gasteiger partial charge in [0.15, 0.2) is 0 Å². The third kappa shape index (κ3) is 3.41. The Bertz CT molecular complexity index is 357. The lowest BCUT2D eigenvalue weighted by Crippen LogP contribution is -2.36. The molecule has 0 amide bonds. The predicted molar refractivity (Wildman–Crippen MR) is 68.6 cm³/mol. The number of ether oxygens (including phenoxy) is 1. The van der Waals surface area contributed by atoms with Crippen molar-refractivity contribution in [2.75, 3.05) is 25.2 Å². The van der Waals surface area contributed by atoms with Crippen LogP contribution in [0, 0.1) is 5.82 Å². The maximum absolute atomic E-state index is 13.9. The molecule has 0 spiro atoms. The fraction of sp³-hybridized carbons (Fsp3) is 0.538. The highest BCUT2D eigenvalue weighted by Crippen LogP contribution is 2.22. The van der Waals surface area contributed by atoms with Crippen LogP contribution in [-0.4, -0.2) is 26.3 Å². The van der Waals surface area contributed by atoms with E-state index in [4.69, 9.17) is 10.5 Å². The molecule has 2 N–H and O–H groups in total. The molecule has 0 heterocycles. The van der Waals surface area contributed by atoms with E-state index in [1.807, 2.05) is 24.8 Å². The average Bonchev–Trinajstić information content (AvgIpc) is 2.32. The second kappa shape index (κ2) is 6.57. The minimum atomic E-state index is -0.224. The largest absolute Gasteiger partial charge is 0.383 e. The number of hydrogen-bond donors (Lipinski definition) is 1. The van der Waals surface area contributed by atoms with Gasteiger partial charge in [0.2, 0.25) is 0 Å². The molecule has 0 saturated heterocycles. The van der Waals surface area contributed by atoms with E-state index < -0.39 is 0 Å². The van der Waals surface area contributed by atoms with Crippen molar-refractivity contribution < 1.29 is 9.13 Å². The Morgan fingerprint density at radius 3 is 2.65 bits per heavy atom. The van der Waals surface area contributed by atoms with Gasteiger partial charge in [-0.05, 0) is 31.5 Å². The van der Waals surface area contributed by atoms with Gasteiger partial charge < -0.3 is 15.4 Å². The summed E-state index contributed by atoms with van der Waals surface area (Å²) in [6.45, 7) is 5.69. The topological polar surface area (TPSA) is 38.5 Å². The zero-order valence-electron chi connectivity index (χ0n) is 10.7. The smallest absolute Gasteiger partial charge is 0.146 e. The molecule has 17 heavy (non-hydrogen) atoms. The Hall–Kier alpha value is -1.13. The summed E-state index contributed by atoms with van der Waals surface area (Å²) >= 11 is 0. The number of nitrogens with zero attached hydrogens (tertiary/aromatic N) is 1. The van der Waals surface area contributed by atoms with Gasteiger partial charge in [-0.15, -0.1) is 0 Å². The van der Waals surface area contributed by atoms with Crippen molar-refractivity contribution >= 4 is 5.69 Å². The maximum Gasteiger partial charge on any atom is 0.146 e. The van der Waals surface area contributed by atoms with Crippen LogP contribution in [0.4, 0.5) is 10.1 Å². The SMILES string of the molecule is CCN(c1ccc(CN)cc1F)C(C)COC. The minimum Gasteiger partial charge on any atom is -0.383 e. The fourth-order valence-corrected chi connectivity index (χ4v) is 1.96. The van der Waals surface area contributed by atoms with Crippen molar-refractivity contribution in [1.29, 1.82) is 0 Å². The Morgan fingerprint density at radius 2 is 2.18 bits per heavy atom. The first-order valence-electron chi connectivity index (χ1n) is 5.88. The van der Waals surface area contributed by atoms with Crippen LogP contribution in [0.1, 0.15) is 19.4 Å². The number of benzene rings is 1. The highest BCUT2D eigenvalue weighted by Gasteiger charge is 2.16. The highest BCUT2D eigenvalue weighted by molar-refractivity contribution is 5.50. The molecule has 0 aliphatic carbocycles. The van der Waals surface area contributed by atoms with Gasteiger partial charge in [-0.1, -0.05) is 6.07 Å². The van der Waals surface area contributed by atoms with Crippen molar-refractivity contribution in [3.8, 4) is 0 Å². The molecule has 1 aromatic carbocycles. The second-order valence-electron chi connectivity index (χ2n) is 4.08. The van der Waals surface area contributed by atoms with Crippen LogP contribution in [-0.2, 0) is 11.3 Å². The van der Waals surface area contributed by atoms with Crippen LogP contribution >= 0.6 is 0 Å². The summed E-state index contributed by atoms with van der Waals surface area (Å²) in [5, 5.41) is 0. The summed E-state index contributed by atoms with van der Waals surface area (Å²) in [5.41, 5.74) is 6.90. The molecule has 1 unspecified atom stereocenters. The van der Waals surface area contributed by atoms with E-state index in [1.165, 1.54) is 6.07 Å². The summed E-state index contributed by atoms with van der Waals surface area (Å²) < 4.78 is 19.0. The van der Waals surface area contributed by atoms with Gasteiger partial charge >= 0.3 is 0 Å². The predicted octanol–water partition coefficient (Wildman–Crippen LogP) is 2.15. The lowest BCUT2D eigenvalue weighted by atomic mass is 10.1. The van der Waals surface area contributed by atoms with E-state index in [-0.39, 0.29) is 11.9 Å². The van der Waals surface area contributed by atoms with Gasteiger partial charge in [0, 0.05) is 26.2 Å². The molecule has 0 bridgehead atoms. The van der Waals surface area contributed by atoms with Crippen molar-refractivity contribution in [3.63, 3.8) is 0 Å². The molecule has 1 aromatic rings. The van der Waals surface area contributed by atoms with Crippen LogP contribution < -0.4 is 10.6 Å². The van der Waals surface area contributed by atoms with Gasteiger partial charge in [0.25, 0.3) is 0 Å². The molecular weight excluding hydrogens is 219 g/mol. The molecule has 0 fully saturated rings. The molecule has 3 nitrogen and oxygen atoms in total. The number of likely N-dealkylation sites (N-methyl/N-ethyl adjacent to an activating group) is 1. The van der Waals surface area contributed by atoms with Crippen molar-refractivity contribution in [2.24, 2.45) is 5.73 Å². The van der Waals surface area contributed by atoms with E-state index in [0.717, 1.165) is 12.1 Å². The molecular formula is C13H21FN2O. The van der Waals surface area contributed by atoms with Crippen LogP contribution in [0.15, 0.2) is 18.2 Å². The summed E-state index contributed by atoms with van der Waals surface area (Å²) in [7, 11) is 1.65. The number of nitrogens with two attached hydrogens (primary N) is 1. The number of methoxy groups -OCH3 is 1. The molecule has 4 heteroatoms. The van der Waals surface area contributed by atoms with E-state index >= 15 is 0 Å². The standard InChI is InChI=1S/C13H21FN2O/c1-4-16(10(2)9-17-3)13-6-5-11(8-15)7-12(13)14/h5-7,10H,4,8-9,15H2,1-3H3. The van der Waals surface area contributed by atoms with Gasteiger partial charge in [-0.25, -0.2) is 4.39 Å². The molecule has 0 radical (unpaired) electrons. The Morgan fingerprint density at radius 1 is 1.47 bits per heavy atom. The first-order valence-corrected chi connectivity index (χ1v) is 5.88. The number of halogens is 1. The number of anilines is 1. The molecule has 0 aromatic heterocycles. The van der Waals surface area contributed by atoms with Crippen LogP contribution in [0.5, 0.6) is 0 Å². The Balaban J connectivity index is 2.95. The number of rotatable bonds is 6. The molecule has 1 rings (SSSR count). The summed E-state index contributed by atoms with van der Waals surface area (Å²) in [5.74, 6) is -0.224. The van der Waals surface area contributed by atoms with E-state index in [1.54, 1.807) is 13.2 Å². The Kier molecular flexibility index (Phi) is 5.38. The first kappa shape index (κ1) is 13.9. The first-order chi connectivity index (χ1) is 8.13. The highest BCUT2D eigenvalue weighted by atomic mass is 19.1. The summed E-state index contributed by atoms with van der Waals surface area (Å²) in [4.78, 5) is 1.99. The van der Waals surface area contributed by atoms with Gasteiger partial charge in [-0.2, -0.15) is 0 Å². The Labute approximate surface area is 102 Å². The van der Waals surface area contributed by atoms with Crippen molar-refractivity contribution in [2.45, 2.75) is 26.4 Å². The van der Waals surface area contributed by atoms with E-state index in [0.29, 0.717) is 18.8 Å². The third-order valence-electron chi connectivity index (χ3n) is 2.84. The lowest BCUT2D eigenvalue weighted by Gasteiger charge is -2.30. The summed E-state index contributed by atoms with van der Waals surface area (Å²) in [6.07, 6.45) is 0.